The van der Waals surface area contributed by atoms with Crippen LogP contribution in [-0.4, -0.2) is 54.2 Å². The summed E-state index contributed by atoms with van der Waals surface area (Å²) in [6.07, 6.45) is 3.18. The SMILES string of the molecule is COCCN(CC(=O)N1N=C(c2ccccc2Cl)C[C@H]1c1ccc(F)cc1)C(=O)C1CCC1. The lowest BCUT2D eigenvalue weighted by Crippen LogP contribution is -2.46. The van der Waals surface area contributed by atoms with Crippen molar-refractivity contribution in [3.05, 3.63) is 70.5 Å². The van der Waals surface area contributed by atoms with E-state index in [1.165, 1.54) is 17.1 Å². The highest BCUT2D eigenvalue weighted by Gasteiger charge is 2.36. The van der Waals surface area contributed by atoms with Gasteiger partial charge >= 0.3 is 0 Å². The molecule has 6 nitrogen and oxygen atoms in total. The van der Waals surface area contributed by atoms with Crippen LogP contribution in [0.4, 0.5) is 4.39 Å². The van der Waals surface area contributed by atoms with Gasteiger partial charge in [-0.3, -0.25) is 9.59 Å². The molecule has 0 spiro atoms. The molecule has 0 N–H and O–H groups in total. The van der Waals surface area contributed by atoms with Gasteiger partial charge in [0, 0.05) is 36.6 Å². The Labute approximate surface area is 198 Å². The fraction of sp³-hybridized carbons (Fsp3) is 0.400. The van der Waals surface area contributed by atoms with Crippen LogP contribution in [0.5, 0.6) is 0 Å². The van der Waals surface area contributed by atoms with Crippen LogP contribution in [0.1, 0.15) is 42.9 Å². The zero-order valence-electron chi connectivity index (χ0n) is 18.5. The van der Waals surface area contributed by atoms with Gasteiger partial charge < -0.3 is 9.64 Å². The molecule has 33 heavy (non-hydrogen) atoms. The number of rotatable bonds is 8. The fourth-order valence-electron chi connectivity index (χ4n) is 4.16. The van der Waals surface area contributed by atoms with E-state index in [4.69, 9.17) is 16.3 Å². The van der Waals surface area contributed by atoms with E-state index in [-0.39, 0.29) is 30.1 Å². The van der Waals surface area contributed by atoms with Gasteiger partial charge in [-0.25, -0.2) is 9.40 Å². The number of benzene rings is 2. The molecule has 0 saturated heterocycles. The second-order valence-electron chi connectivity index (χ2n) is 8.42. The summed E-state index contributed by atoms with van der Waals surface area (Å²) in [5.41, 5.74) is 2.20. The minimum atomic E-state index is -0.410. The number of hydrogen-bond acceptors (Lipinski definition) is 4. The van der Waals surface area contributed by atoms with Gasteiger partial charge in [-0.15, -0.1) is 0 Å². The van der Waals surface area contributed by atoms with Gasteiger partial charge in [0.05, 0.1) is 18.4 Å². The van der Waals surface area contributed by atoms with E-state index in [1.54, 1.807) is 30.2 Å². The summed E-state index contributed by atoms with van der Waals surface area (Å²) in [6, 6.07) is 13.0. The molecule has 1 heterocycles. The van der Waals surface area contributed by atoms with E-state index < -0.39 is 6.04 Å². The molecule has 174 valence electrons. The van der Waals surface area contributed by atoms with E-state index in [1.807, 2.05) is 18.2 Å². The Kier molecular flexibility index (Phi) is 7.40. The number of nitrogens with zero attached hydrogens (tertiary/aromatic N) is 3. The van der Waals surface area contributed by atoms with E-state index in [0.29, 0.717) is 30.3 Å². The first-order valence-corrected chi connectivity index (χ1v) is 11.5. The maximum absolute atomic E-state index is 13.5. The Morgan fingerprint density at radius 2 is 1.91 bits per heavy atom. The number of ether oxygens (including phenoxy) is 1. The number of hydrazone groups is 1. The molecule has 1 atom stereocenters. The van der Waals surface area contributed by atoms with Crippen LogP contribution in [0, 0.1) is 11.7 Å². The Morgan fingerprint density at radius 3 is 2.55 bits per heavy atom. The highest BCUT2D eigenvalue weighted by Crippen LogP contribution is 2.35. The predicted octanol–water partition coefficient (Wildman–Crippen LogP) is 4.43. The van der Waals surface area contributed by atoms with Gasteiger partial charge in [0.25, 0.3) is 5.91 Å². The number of amides is 2. The number of hydrogen-bond donors (Lipinski definition) is 0. The normalized spacial score (nSPS) is 18.1. The van der Waals surface area contributed by atoms with Crippen LogP contribution in [0.2, 0.25) is 5.02 Å². The minimum Gasteiger partial charge on any atom is -0.383 e. The number of methoxy groups -OCH3 is 1. The molecule has 1 aliphatic heterocycles. The first kappa shape index (κ1) is 23.4. The average molecular weight is 472 g/mol. The summed E-state index contributed by atoms with van der Waals surface area (Å²) in [6.45, 7) is 0.602. The molecular formula is C25H27ClFN3O3. The van der Waals surface area contributed by atoms with Crippen molar-refractivity contribution in [3.63, 3.8) is 0 Å². The maximum atomic E-state index is 13.5. The molecule has 1 fully saturated rings. The topological polar surface area (TPSA) is 62.2 Å². The Balaban J connectivity index is 1.60. The zero-order chi connectivity index (χ0) is 23.4. The van der Waals surface area contributed by atoms with Gasteiger partial charge in [0.1, 0.15) is 12.4 Å². The van der Waals surface area contributed by atoms with Crippen LogP contribution in [-0.2, 0) is 14.3 Å². The van der Waals surface area contributed by atoms with Crippen molar-refractivity contribution >= 4 is 29.1 Å². The summed E-state index contributed by atoms with van der Waals surface area (Å²) in [5.74, 6) is -0.684. The lowest BCUT2D eigenvalue weighted by atomic mass is 9.84. The third-order valence-corrected chi connectivity index (χ3v) is 6.59. The Bertz CT molecular complexity index is 1040. The molecule has 2 aliphatic rings. The van der Waals surface area contributed by atoms with Crippen molar-refractivity contribution < 1.29 is 18.7 Å². The van der Waals surface area contributed by atoms with Crippen LogP contribution in [0.25, 0.3) is 0 Å². The molecule has 0 aromatic heterocycles. The van der Waals surface area contributed by atoms with E-state index in [9.17, 15) is 14.0 Å². The van der Waals surface area contributed by atoms with E-state index >= 15 is 0 Å². The minimum absolute atomic E-state index is 0.0144. The fourth-order valence-corrected chi connectivity index (χ4v) is 4.41. The number of carbonyl (C=O) groups excluding carboxylic acids is 2. The lowest BCUT2D eigenvalue weighted by molar-refractivity contribution is -0.146. The van der Waals surface area contributed by atoms with Crippen LogP contribution < -0.4 is 0 Å². The van der Waals surface area contributed by atoms with Gasteiger partial charge in [-0.1, -0.05) is 48.4 Å². The van der Waals surface area contributed by atoms with Crippen molar-refractivity contribution in [1.82, 2.24) is 9.91 Å². The molecule has 2 aromatic carbocycles. The maximum Gasteiger partial charge on any atom is 0.262 e. The molecule has 1 saturated carbocycles. The monoisotopic (exact) mass is 471 g/mol. The van der Waals surface area contributed by atoms with Gasteiger partial charge in [-0.05, 0) is 36.6 Å². The summed E-state index contributed by atoms with van der Waals surface area (Å²) in [7, 11) is 1.57. The van der Waals surface area contributed by atoms with E-state index in [0.717, 1.165) is 30.4 Å². The highest BCUT2D eigenvalue weighted by atomic mass is 35.5. The molecular weight excluding hydrogens is 445 g/mol. The molecule has 1 aliphatic carbocycles. The van der Waals surface area contributed by atoms with Crippen LogP contribution in [0.15, 0.2) is 53.6 Å². The molecule has 4 rings (SSSR count). The number of halogens is 2. The van der Waals surface area contributed by atoms with Crippen molar-refractivity contribution in [3.8, 4) is 0 Å². The standard InChI is InChI=1S/C25H27ClFN3O3/c1-33-14-13-29(25(32)18-5-4-6-18)16-24(31)30-23(17-9-11-19(27)12-10-17)15-22(28-30)20-7-2-3-8-21(20)26/h2-3,7-12,18,23H,4-6,13-16H2,1H3/t23-/m0/s1. The molecule has 0 bridgehead atoms. The van der Waals surface area contributed by atoms with E-state index in [2.05, 4.69) is 5.10 Å². The quantitative estimate of drug-likeness (QED) is 0.572. The second-order valence-corrected chi connectivity index (χ2v) is 8.82. The van der Waals surface area contributed by atoms with Gasteiger partial charge in [0.2, 0.25) is 5.91 Å². The van der Waals surface area contributed by atoms with Gasteiger partial charge in [-0.2, -0.15) is 5.10 Å². The largest absolute Gasteiger partial charge is 0.383 e. The Morgan fingerprint density at radius 1 is 1.18 bits per heavy atom. The zero-order valence-corrected chi connectivity index (χ0v) is 19.3. The smallest absolute Gasteiger partial charge is 0.262 e. The second kappa shape index (κ2) is 10.4. The molecule has 2 amide bonds. The number of carbonyl (C=O) groups is 2. The first-order valence-electron chi connectivity index (χ1n) is 11.2. The molecule has 2 aromatic rings. The highest BCUT2D eigenvalue weighted by molar-refractivity contribution is 6.34. The lowest BCUT2D eigenvalue weighted by Gasteiger charge is -2.32. The van der Waals surface area contributed by atoms with Crippen molar-refractivity contribution in [2.24, 2.45) is 11.0 Å². The van der Waals surface area contributed by atoms with Crippen molar-refractivity contribution in [2.75, 3.05) is 26.8 Å². The summed E-state index contributed by atoms with van der Waals surface area (Å²) in [4.78, 5) is 27.9. The summed E-state index contributed by atoms with van der Waals surface area (Å²) >= 11 is 6.39. The summed E-state index contributed by atoms with van der Waals surface area (Å²) in [5, 5.41) is 6.59. The average Bonchev–Trinajstić information content (AvgIpc) is 3.21. The van der Waals surface area contributed by atoms with Crippen molar-refractivity contribution in [1.29, 1.82) is 0 Å². The summed E-state index contributed by atoms with van der Waals surface area (Å²) < 4.78 is 18.7. The Hall–Kier alpha value is -2.77. The molecule has 0 radical (unpaired) electrons. The third-order valence-electron chi connectivity index (χ3n) is 6.26. The predicted molar refractivity (Wildman–Crippen MR) is 124 cm³/mol. The van der Waals surface area contributed by atoms with Crippen LogP contribution in [0.3, 0.4) is 0 Å². The first-order chi connectivity index (χ1) is 16.0. The van der Waals surface area contributed by atoms with Crippen LogP contribution >= 0.6 is 11.6 Å². The van der Waals surface area contributed by atoms with Crippen molar-refractivity contribution in [2.45, 2.75) is 31.7 Å². The molecule has 0 unspecified atom stereocenters. The third kappa shape index (κ3) is 5.25. The molecule has 8 heteroatoms. The van der Waals surface area contributed by atoms with Gasteiger partial charge in [0.15, 0.2) is 0 Å².